The van der Waals surface area contributed by atoms with Crippen LogP contribution in [0.15, 0.2) is 23.0 Å². The van der Waals surface area contributed by atoms with Crippen LogP contribution >= 0.6 is 63.7 Å². The van der Waals surface area contributed by atoms with Crippen molar-refractivity contribution in [3.8, 4) is 0 Å². The van der Waals surface area contributed by atoms with Crippen LogP contribution in [0, 0.1) is 17.3 Å². The number of hydrogen-bond donors (Lipinski definition) is 0. The highest BCUT2D eigenvalue weighted by molar-refractivity contribution is 9.40. The molecule has 0 aromatic carbocycles. The Hall–Kier alpha value is 0.670. The fraction of sp³-hybridized carbons (Fsp3) is 0.615. The first-order valence-corrected chi connectivity index (χ1v) is 9.33. The van der Waals surface area contributed by atoms with Gasteiger partial charge in [0.05, 0.1) is 23.3 Å². The lowest BCUT2D eigenvalue weighted by Crippen LogP contribution is -2.22. The summed E-state index contributed by atoms with van der Waals surface area (Å²) < 4.78 is 9.89. The van der Waals surface area contributed by atoms with Crippen LogP contribution in [0.2, 0.25) is 0 Å². The molecular formula is C13H14Br4O3. The summed E-state index contributed by atoms with van der Waals surface area (Å²) in [4.78, 5) is 12.3. The molecule has 0 radical (unpaired) electrons. The lowest BCUT2D eigenvalue weighted by Gasteiger charge is -2.20. The second kappa shape index (κ2) is 6.05. The van der Waals surface area contributed by atoms with Gasteiger partial charge >= 0.3 is 5.97 Å². The number of esters is 1. The van der Waals surface area contributed by atoms with Crippen molar-refractivity contribution in [3.63, 3.8) is 0 Å². The van der Waals surface area contributed by atoms with Crippen molar-refractivity contribution < 1.29 is 13.9 Å². The highest BCUT2D eigenvalue weighted by Crippen LogP contribution is 2.66. The van der Waals surface area contributed by atoms with E-state index in [9.17, 15) is 4.79 Å². The topological polar surface area (TPSA) is 39.4 Å². The largest absolute Gasteiger partial charge is 0.472 e. The van der Waals surface area contributed by atoms with Gasteiger partial charge in [0.2, 0.25) is 0 Å². The lowest BCUT2D eigenvalue weighted by atomic mass is 10.1. The molecule has 1 aromatic rings. The van der Waals surface area contributed by atoms with E-state index in [0.717, 1.165) is 5.56 Å². The Labute approximate surface area is 151 Å². The van der Waals surface area contributed by atoms with Crippen molar-refractivity contribution in [2.24, 2.45) is 17.3 Å². The molecule has 3 atom stereocenters. The Bertz CT molecular complexity index is 478. The van der Waals surface area contributed by atoms with Crippen molar-refractivity contribution in [3.05, 3.63) is 24.2 Å². The fourth-order valence-corrected chi connectivity index (χ4v) is 4.34. The maximum atomic E-state index is 12.2. The molecule has 1 saturated carbocycles. The second-order valence-corrected chi connectivity index (χ2v) is 13.4. The Morgan fingerprint density at radius 2 is 2.15 bits per heavy atom. The molecule has 0 aliphatic heterocycles. The van der Waals surface area contributed by atoms with Crippen LogP contribution in [0.5, 0.6) is 0 Å². The predicted molar refractivity (Wildman–Crippen MR) is 91.5 cm³/mol. The third kappa shape index (κ3) is 3.52. The second-order valence-electron chi connectivity index (χ2n) is 5.51. The average molecular weight is 538 g/mol. The van der Waals surface area contributed by atoms with Crippen LogP contribution in [-0.4, -0.2) is 12.9 Å². The van der Waals surface area contributed by atoms with Crippen LogP contribution in [0.1, 0.15) is 19.4 Å². The Kier molecular flexibility index (Phi) is 5.15. The third-order valence-electron chi connectivity index (χ3n) is 3.75. The molecule has 2 rings (SSSR count). The van der Waals surface area contributed by atoms with E-state index in [1.165, 1.54) is 0 Å². The Morgan fingerprint density at radius 3 is 2.65 bits per heavy atom. The van der Waals surface area contributed by atoms with Gasteiger partial charge in [0, 0.05) is 5.56 Å². The molecule has 1 aliphatic carbocycles. The highest BCUT2D eigenvalue weighted by atomic mass is 80.0. The molecule has 1 fully saturated rings. The number of carbonyl (C=O) groups excluding carboxylic acids is 1. The molecule has 7 heteroatoms. The molecule has 1 aromatic heterocycles. The number of carbonyl (C=O) groups is 1. The molecule has 3 nitrogen and oxygen atoms in total. The van der Waals surface area contributed by atoms with Crippen molar-refractivity contribution in [2.75, 3.05) is 0 Å². The number of halogens is 4. The standard InChI is InChI=1S/C13H14Br4O3/c1-12(2)8(10(14)13(15,16)17)9(12)11(18)20-6-7-3-4-19-5-7/h3-5,8-10H,6H2,1-2H3/t8-,9+,10?/m1/s1. The normalized spacial score (nSPS) is 26.1. The van der Waals surface area contributed by atoms with Gasteiger partial charge in [-0.25, -0.2) is 0 Å². The summed E-state index contributed by atoms with van der Waals surface area (Å²) in [6, 6.07) is 1.79. The highest BCUT2D eigenvalue weighted by Gasteiger charge is 2.67. The zero-order valence-electron chi connectivity index (χ0n) is 10.9. The maximum Gasteiger partial charge on any atom is 0.310 e. The summed E-state index contributed by atoms with van der Waals surface area (Å²) >= 11 is 14.2. The van der Waals surface area contributed by atoms with Gasteiger partial charge in [0.15, 0.2) is 0 Å². The number of hydrogen-bond acceptors (Lipinski definition) is 3. The molecule has 0 saturated heterocycles. The number of rotatable bonds is 4. The quantitative estimate of drug-likeness (QED) is 0.392. The summed E-state index contributed by atoms with van der Waals surface area (Å²) in [5, 5.41) is 0. The summed E-state index contributed by atoms with van der Waals surface area (Å²) in [5.74, 6) is -0.106. The molecule has 0 N–H and O–H groups in total. The van der Waals surface area contributed by atoms with E-state index in [1.807, 2.05) is 0 Å². The van der Waals surface area contributed by atoms with Gasteiger partial charge in [-0.1, -0.05) is 77.6 Å². The molecule has 112 valence electrons. The first-order valence-electron chi connectivity index (χ1n) is 6.04. The van der Waals surface area contributed by atoms with Gasteiger partial charge < -0.3 is 9.15 Å². The minimum atomic E-state index is -0.436. The summed E-state index contributed by atoms with van der Waals surface area (Å²) in [7, 11) is 0. The van der Waals surface area contributed by atoms with E-state index in [2.05, 4.69) is 77.6 Å². The van der Waals surface area contributed by atoms with Gasteiger partial charge in [0.25, 0.3) is 0 Å². The van der Waals surface area contributed by atoms with Crippen molar-refractivity contribution >= 4 is 69.7 Å². The molecule has 1 aliphatic rings. The van der Waals surface area contributed by atoms with E-state index < -0.39 is 2.14 Å². The van der Waals surface area contributed by atoms with Crippen LogP contribution in [0.3, 0.4) is 0 Å². The van der Waals surface area contributed by atoms with E-state index in [1.54, 1.807) is 18.6 Å². The van der Waals surface area contributed by atoms with E-state index in [-0.39, 0.29) is 34.7 Å². The fourth-order valence-electron chi connectivity index (χ4n) is 2.50. The Morgan fingerprint density at radius 1 is 1.50 bits per heavy atom. The third-order valence-corrected chi connectivity index (χ3v) is 8.33. The van der Waals surface area contributed by atoms with Crippen molar-refractivity contribution in [1.82, 2.24) is 0 Å². The summed E-state index contributed by atoms with van der Waals surface area (Å²) in [6.45, 7) is 4.41. The molecule has 1 heterocycles. The predicted octanol–water partition coefficient (Wildman–Crippen LogP) is 5.20. The first-order chi connectivity index (χ1) is 9.15. The maximum absolute atomic E-state index is 12.2. The van der Waals surface area contributed by atoms with E-state index in [4.69, 9.17) is 9.15 Å². The van der Waals surface area contributed by atoms with Crippen LogP contribution in [-0.2, 0) is 16.1 Å². The molecule has 0 bridgehead atoms. The minimum absolute atomic E-state index is 0.0523. The number of furan rings is 1. The average Bonchev–Trinajstić information content (AvgIpc) is 2.73. The molecule has 20 heavy (non-hydrogen) atoms. The zero-order chi connectivity index (χ0) is 15.1. The molecule has 0 amide bonds. The smallest absolute Gasteiger partial charge is 0.310 e. The molecule has 0 spiro atoms. The summed E-state index contributed by atoms with van der Waals surface area (Å²) in [6.07, 6.45) is 3.15. The van der Waals surface area contributed by atoms with Gasteiger partial charge in [0.1, 0.15) is 8.75 Å². The number of ether oxygens (including phenoxy) is 1. The molecule has 1 unspecified atom stereocenters. The van der Waals surface area contributed by atoms with Gasteiger partial charge in [-0.3, -0.25) is 4.79 Å². The van der Waals surface area contributed by atoms with Gasteiger partial charge in [-0.15, -0.1) is 0 Å². The van der Waals surface area contributed by atoms with Crippen LogP contribution in [0.25, 0.3) is 0 Å². The lowest BCUT2D eigenvalue weighted by molar-refractivity contribution is -0.147. The van der Waals surface area contributed by atoms with Crippen LogP contribution in [0.4, 0.5) is 0 Å². The molecular weight excluding hydrogens is 524 g/mol. The first kappa shape index (κ1) is 17.0. The number of alkyl halides is 4. The Balaban J connectivity index is 1.97. The summed E-state index contributed by atoms with van der Waals surface area (Å²) in [5.41, 5.74) is 0.766. The van der Waals surface area contributed by atoms with Crippen LogP contribution < -0.4 is 0 Å². The van der Waals surface area contributed by atoms with E-state index in [0.29, 0.717) is 0 Å². The van der Waals surface area contributed by atoms with Crippen molar-refractivity contribution in [2.45, 2.75) is 27.4 Å². The van der Waals surface area contributed by atoms with Crippen molar-refractivity contribution in [1.29, 1.82) is 0 Å². The monoisotopic (exact) mass is 534 g/mol. The SMILES string of the molecule is CC1(C)[C@H](C(=O)OCc2ccoc2)[C@@H]1C(Br)C(Br)(Br)Br. The van der Waals surface area contributed by atoms with Gasteiger partial charge in [-0.2, -0.15) is 0 Å². The zero-order valence-corrected chi connectivity index (χ0v) is 17.3. The van der Waals surface area contributed by atoms with E-state index >= 15 is 0 Å². The minimum Gasteiger partial charge on any atom is -0.472 e. The van der Waals surface area contributed by atoms with Gasteiger partial charge in [-0.05, 0) is 17.4 Å².